The highest BCUT2D eigenvalue weighted by molar-refractivity contribution is 6.16. The van der Waals surface area contributed by atoms with Crippen LogP contribution in [-0.2, 0) is 0 Å². The Balaban J connectivity index is 1.14. The Morgan fingerprint density at radius 1 is 0.298 bits per heavy atom. The number of benzene rings is 8. The Morgan fingerprint density at radius 3 is 1.45 bits per heavy atom. The smallest absolute Gasteiger partial charge is 0.0541 e. The molecule has 0 aliphatic heterocycles. The Labute approximate surface area is 273 Å². The fourth-order valence-electron chi connectivity index (χ4n) is 7.69. The molecule has 0 bridgehead atoms. The minimum absolute atomic E-state index is 1.17. The Kier molecular flexibility index (Phi) is 5.64. The molecule has 10 rings (SSSR count). The molecule has 8 aromatic carbocycles. The fraction of sp³-hybridized carbons (Fsp3) is 0. The van der Waals surface area contributed by atoms with Crippen LogP contribution in [0.5, 0.6) is 0 Å². The number of aromatic nitrogens is 1. The second-order valence-corrected chi connectivity index (χ2v) is 12.5. The quantitative estimate of drug-likeness (QED) is 0.191. The van der Waals surface area contributed by atoms with E-state index in [0.717, 1.165) is 0 Å². The van der Waals surface area contributed by atoms with Gasteiger partial charge in [-0.3, -0.25) is 0 Å². The first-order chi connectivity index (χ1) is 23.3. The molecule has 1 aromatic heterocycles. The first-order valence-corrected chi connectivity index (χ1v) is 16.3. The number of para-hydroxylation sites is 1. The summed E-state index contributed by atoms with van der Waals surface area (Å²) in [4.78, 5) is 0. The van der Waals surface area contributed by atoms with Gasteiger partial charge in [-0.1, -0.05) is 133 Å². The van der Waals surface area contributed by atoms with Crippen molar-refractivity contribution in [2.45, 2.75) is 0 Å². The van der Waals surface area contributed by atoms with Crippen LogP contribution in [0.15, 0.2) is 176 Å². The SMILES string of the molecule is c1ccc(-c2ccc(-c3ccc4c(c3)c3cc(-c5ccc6c(c5)-c5cccc7cccc-6c57)ccc3n4-c3ccccc3)cc2)cc1. The number of hydrogen-bond donors (Lipinski definition) is 0. The molecule has 1 heteroatoms. The highest BCUT2D eigenvalue weighted by Crippen LogP contribution is 2.48. The van der Waals surface area contributed by atoms with E-state index in [-0.39, 0.29) is 0 Å². The van der Waals surface area contributed by atoms with Crippen LogP contribution in [0.3, 0.4) is 0 Å². The number of hydrogen-bond acceptors (Lipinski definition) is 0. The molecule has 1 aliphatic carbocycles. The summed E-state index contributed by atoms with van der Waals surface area (Å²) in [6.07, 6.45) is 0. The lowest BCUT2D eigenvalue weighted by Crippen LogP contribution is -1.93. The van der Waals surface area contributed by atoms with Gasteiger partial charge in [-0.15, -0.1) is 0 Å². The molecule has 218 valence electrons. The van der Waals surface area contributed by atoms with E-state index < -0.39 is 0 Å². The zero-order chi connectivity index (χ0) is 30.9. The summed E-state index contributed by atoms with van der Waals surface area (Å²) in [6, 6.07) is 64.5. The summed E-state index contributed by atoms with van der Waals surface area (Å²) in [5.74, 6) is 0. The van der Waals surface area contributed by atoms with Gasteiger partial charge in [-0.05, 0) is 109 Å². The third-order valence-corrected chi connectivity index (χ3v) is 9.94. The van der Waals surface area contributed by atoms with Crippen molar-refractivity contribution in [1.82, 2.24) is 4.57 Å². The van der Waals surface area contributed by atoms with Crippen LogP contribution in [0.2, 0.25) is 0 Å². The average molecular weight is 596 g/mol. The maximum atomic E-state index is 2.40. The van der Waals surface area contributed by atoms with Gasteiger partial charge in [-0.2, -0.15) is 0 Å². The van der Waals surface area contributed by atoms with Gasteiger partial charge in [0.15, 0.2) is 0 Å². The molecule has 47 heavy (non-hydrogen) atoms. The van der Waals surface area contributed by atoms with Crippen molar-refractivity contribution in [3.05, 3.63) is 176 Å². The monoisotopic (exact) mass is 595 g/mol. The largest absolute Gasteiger partial charge is 0.309 e. The van der Waals surface area contributed by atoms with Crippen molar-refractivity contribution in [1.29, 1.82) is 0 Å². The maximum absolute atomic E-state index is 2.40. The van der Waals surface area contributed by atoms with E-state index in [1.54, 1.807) is 0 Å². The van der Waals surface area contributed by atoms with Crippen LogP contribution in [-0.4, -0.2) is 4.57 Å². The van der Waals surface area contributed by atoms with Gasteiger partial charge in [0.25, 0.3) is 0 Å². The van der Waals surface area contributed by atoms with Crippen LogP contribution >= 0.6 is 0 Å². The third-order valence-electron chi connectivity index (χ3n) is 9.94. The van der Waals surface area contributed by atoms with E-state index in [9.17, 15) is 0 Å². The van der Waals surface area contributed by atoms with Crippen LogP contribution in [0.4, 0.5) is 0 Å². The van der Waals surface area contributed by atoms with Gasteiger partial charge in [0.1, 0.15) is 0 Å². The van der Waals surface area contributed by atoms with Gasteiger partial charge in [-0.25, -0.2) is 0 Å². The fourth-order valence-corrected chi connectivity index (χ4v) is 7.69. The molecule has 9 aromatic rings. The topological polar surface area (TPSA) is 4.93 Å². The Bertz CT molecular complexity index is 2640. The van der Waals surface area contributed by atoms with Crippen LogP contribution in [0.25, 0.3) is 93.9 Å². The van der Waals surface area contributed by atoms with Crippen molar-refractivity contribution in [3.63, 3.8) is 0 Å². The number of nitrogens with zero attached hydrogens (tertiary/aromatic N) is 1. The molecule has 0 saturated carbocycles. The van der Waals surface area contributed by atoms with Gasteiger partial charge < -0.3 is 4.57 Å². The third kappa shape index (κ3) is 4.03. The molecule has 0 fully saturated rings. The number of rotatable bonds is 4. The predicted octanol–water partition coefficient (Wildman–Crippen LogP) is 12.6. The molecule has 0 radical (unpaired) electrons. The highest BCUT2D eigenvalue weighted by Gasteiger charge is 2.22. The van der Waals surface area contributed by atoms with E-state index in [0.29, 0.717) is 0 Å². The van der Waals surface area contributed by atoms with Crippen molar-refractivity contribution in [2.24, 2.45) is 0 Å². The molecule has 0 saturated heterocycles. The van der Waals surface area contributed by atoms with Gasteiger partial charge >= 0.3 is 0 Å². The van der Waals surface area contributed by atoms with Gasteiger partial charge in [0.05, 0.1) is 11.0 Å². The molecule has 0 atom stereocenters. The minimum atomic E-state index is 1.17. The van der Waals surface area contributed by atoms with E-state index in [4.69, 9.17) is 0 Å². The molecule has 1 nitrogen and oxygen atoms in total. The standard InChI is InChI=1S/C46H29N/c1-3-9-30(10-4-1)31-17-19-32(20-18-31)34-22-25-44-42(28-34)43-29-36(23-26-45(43)47(44)37-13-5-2-6-14-37)35-21-24-38-39-15-7-11-33-12-8-16-40(46(33)39)41(38)27-35/h1-29H. The van der Waals surface area contributed by atoms with Crippen molar-refractivity contribution < 1.29 is 0 Å². The molecule has 0 spiro atoms. The molecular weight excluding hydrogens is 567 g/mol. The average Bonchev–Trinajstić information content (AvgIpc) is 3.65. The summed E-state index contributed by atoms with van der Waals surface area (Å²) in [6.45, 7) is 0. The van der Waals surface area contributed by atoms with Crippen LogP contribution in [0, 0.1) is 0 Å². The zero-order valence-corrected chi connectivity index (χ0v) is 25.7. The Hall–Kier alpha value is -6.18. The van der Waals surface area contributed by atoms with Crippen molar-refractivity contribution in [3.8, 4) is 61.3 Å². The van der Waals surface area contributed by atoms with E-state index >= 15 is 0 Å². The van der Waals surface area contributed by atoms with Crippen LogP contribution < -0.4 is 0 Å². The lowest BCUT2D eigenvalue weighted by Gasteiger charge is -2.09. The summed E-state index contributed by atoms with van der Waals surface area (Å²) >= 11 is 0. The lowest BCUT2D eigenvalue weighted by molar-refractivity contribution is 1.18. The molecule has 0 unspecified atom stereocenters. The summed E-state index contributed by atoms with van der Waals surface area (Å²) in [7, 11) is 0. The molecule has 1 aliphatic rings. The molecule has 0 N–H and O–H groups in total. The first kappa shape index (κ1) is 26.1. The molecule has 1 heterocycles. The molecule has 0 amide bonds. The van der Waals surface area contributed by atoms with Crippen LogP contribution in [0.1, 0.15) is 0 Å². The van der Waals surface area contributed by atoms with Crippen molar-refractivity contribution in [2.75, 3.05) is 0 Å². The highest BCUT2D eigenvalue weighted by atomic mass is 15.0. The maximum Gasteiger partial charge on any atom is 0.0541 e. The second kappa shape index (κ2) is 10.2. The van der Waals surface area contributed by atoms with E-state index in [1.807, 2.05) is 0 Å². The lowest BCUT2D eigenvalue weighted by atomic mass is 9.96. The van der Waals surface area contributed by atoms with E-state index in [1.165, 1.54) is 93.9 Å². The number of fused-ring (bicyclic) bond motifs is 6. The van der Waals surface area contributed by atoms with Gasteiger partial charge in [0.2, 0.25) is 0 Å². The predicted molar refractivity (Wildman–Crippen MR) is 199 cm³/mol. The summed E-state index contributed by atoms with van der Waals surface area (Å²) in [5.41, 5.74) is 16.3. The minimum Gasteiger partial charge on any atom is -0.309 e. The second-order valence-electron chi connectivity index (χ2n) is 12.5. The van der Waals surface area contributed by atoms with Crippen molar-refractivity contribution >= 4 is 32.6 Å². The molecular formula is C46H29N. The normalized spacial score (nSPS) is 11.8. The summed E-state index contributed by atoms with van der Waals surface area (Å²) < 4.78 is 2.40. The van der Waals surface area contributed by atoms with E-state index in [2.05, 4.69) is 180 Å². The summed E-state index contributed by atoms with van der Waals surface area (Å²) in [5, 5.41) is 5.19. The van der Waals surface area contributed by atoms with Gasteiger partial charge in [0, 0.05) is 16.5 Å². The zero-order valence-electron chi connectivity index (χ0n) is 25.7. The Morgan fingerprint density at radius 2 is 0.787 bits per heavy atom. The first-order valence-electron chi connectivity index (χ1n) is 16.3.